The lowest BCUT2D eigenvalue weighted by atomic mass is 10.1. The molecular weight excluding hydrogens is 348 g/mol. The fourth-order valence-electron chi connectivity index (χ4n) is 2.78. The van der Waals surface area contributed by atoms with Crippen molar-refractivity contribution >= 4 is 21.4 Å². The average Bonchev–Trinajstić information content (AvgIpc) is 3.27. The van der Waals surface area contributed by atoms with Crippen molar-refractivity contribution in [3.63, 3.8) is 0 Å². The second kappa shape index (κ2) is 7.15. The molecular formula is C19H18N4O2S. The lowest BCUT2D eigenvalue weighted by molar-refractivity contribution is 0.282. The first-order valence-corrected chi connectivity index (χ1v) is 9.00. The van der Waals surface area contributed by atoms with E-state index >= 15 is 0 Å². The van der Waals surface area contributed by atoms with Crippen LogP contribution in [0.15, 0.2) is 54.7 Å². The summed E-state index contributed by atoms with van der Waals surface area (Å²) in [5, 5.41) is 18.3. The lowest BCUT2D eigenvalue weighted by Crippen LogP contribution is -2.00. The van der Waals surface area contributed by atoms with Crippen molar-refractivity contribution in [3.05, 3.63) is 65.9 Å². The van der Waals surface area contributed by atoms with E-state index in [1.807, 2.05) is 53.0 Å². The number of methoxy groups -OCH3 is 1. The molecule has 132 valence electrons. The van der Waals surface area contributed by atoms with Crippen molar-refractivity contribution in [1.29, 1.82) is 0 Å². The summed E-state index contributed by atoms with van der Waals surface area (Å²) in [6.45, 7) is 0.652. The van der Waals surface area contributed by atoms with Crippen LogP contribution in [0, 0.1) is 0 Å². The quantitative estimate of drug-likeness (QED) is 0.546. The van der Waals surface area contributed by atoms with Gasteiger partial charge in [0.25, 0.3) is 0 Å². The minimum atomic E-state index is -0.0177. The smallest absolute Gasteiger partial charge is 0.214 e. The van der Waals surface area contributed by atoms with Crippen molar-refractivity contribution in [1.82, 2.24) is 14.6 Å². The second-order valence-corrected chi connectivity index (χ2v) is 6.72. The van der Waals surface area contributed by atoms with Gasteiger partial charge in [0.1, 0.15) is 5.75 Å². The number of hydrogen-bond acceptors (Lipinski definition) is 6. The Hall–Kier alpha value is -2.90. The zero-order valence-electron chi connectivity index (χ0n) is 14.2. The van der Waals surface area contributed by atoms with E-state index in [1.165, 1.54) is 11.3 Å². The van der Waals surface area contributed by atoms with Gasteiger partial charge < -0.3 is 15.2 Å². The first kappa shape index (κ1) is 16.6. The Morgan fingerprint density at radius 3 is 2.73 bits per heavy atom. The third-order valence-corrected chi connectivity index (χ3v) is 5.03. The van der Waals surface area contributed by atoms with E-state index in [9.17, 15) is 5.11 Å². The molecule has 2 heterocycles. The van der Waals surface area contributed by atoms with Gasteiger partial charge in [0.15, 0.2) is 0 Å². The summed E-state index contributed by atoms with van der Waals surface area (Å²) in [6, 6.07) is 15.7. The molecule has 0 unspecified atom stereocenters. The van der Waals surface area contributed by atoms with Crippen LogP contribution >= 0.6 is 11.3 Å². The molecule has 0 fully saturated rings. The third-order valence-electron chi connectivity index (χ3n) is 4.15. The summed E-state index contributed by atoms with van der Waals surface area (Å²) in [4.78, 5) is 5.26. The second-order valence-electron chi connectivity index (χ2n) is 5.76. The molecule has 0 radical (unpaired) electrons. The number of fused-ring (bicyclic) bond motifs is 1. The largest absolute Gasteiger partial charge is 0.497 e. The van der Waals surface area contributed by atoms with E-state index in [1.54, 1.807) is 13.3 Å². The van der Waals surface area contributed by atoms with Gasteiger partial charge in [0.05, 0.1) is 25.6 Å². The molecule has 2 N–H and O–H groups in total. The Kier molecular flexibility index (Phi) is 4.55. The molecule has 26 heavy (non-hydrogen) atoms. The summed E-state index contributed by atoms with van der Waals surface area (Å²) in [5.41, 5.74) is 3.81. The Balaban J connectivity index is 1.57. The number of anilines is 1. The van der Waals surface area contributed by atoms with E-state index in [2.05, 4.69) is 15.4 Å². The van der Waals surface area contributed by atoms with Crippen LogP contribution in [0.1, 0.15) is 11.1 Å². The van der Waals surface area contributed by atoms with Crippen LogP contribution in [0.25, 0.3) is 16.2 Å². The number of aliphatic hydroxyl groups is 1. The Bertz CT molecular complexity index is 1020. The van der Waals surface area contributed by atoms with Crippen LogP contribution in [-0.2, 0) is 13.2 Å². The van der Waals surface area contributed by atoms with E-state index in [-0.39, 0.29) is 6.61 Å². The predicted molar refractivity (Wildman–Crippen MR) is 103 cm³/mol. The van der Waals surface area contributed by atoms with Crippen molar-refractivity contribution in [2.75, 3.05) is 12.4 Å². The normalized spacial score (nSPS) is 11.0. The van der Waals surface area contributed by atoms with Crippen molar-refractivity contribution in [2.24, 2.45) is 0 Å². The van der Waals surface area contributed by atoms with E-state index < -0.39 is 0 Å². The molecule has 6 nitrogen and oxygen atoms in total. The zero-order valence-corrected chi connectivity index (χ0v) is 15.0. The molecule has 0 atom stereocenters. The minimum Gasteiger partial charge on any atom is -0.497 e. The number of nitrogens with one attached hydrogen (secondary N) is 1. The standard InChI is InChI=1S/C19H18N4O2S/c1-25-15-8-6-13(7-9-15)10-20-18-22-23-17(11-21-19(23)26-18)16-5-3-2-4-14(16)12-24/h2-9,11,24H,10,12H2,1H3,(H,20,22). The van der Waals surface area contributed by atoms with Gasteiger partial charge in [-0.05, 0) is 23.3 Å². The van der Waals surface area contributed by atoms with Crippen LogP contribution in [-0.4, -0.2) is 26.8 Å². The van der Waals surface area contributed by atoms with Crippen molar-refractivity contribution < 1.29 is 9.84 Å². The fraction of sp³-hybridized carbons (Fsp3) is 0.158. The summed E-state index contributed by atoms with van der Waals surface area (Å²) < 4.78 is 6.99. The molecule has 0 aliphatic rings. The summed E-state index contributed by atoms with van der Waals surface area (Å²) in [6.07, 6.45) is 1.79. The molecule has 0 saturated heterocycles. The van der Waals surface area contributed by atoms with Gasteiger partial charge in [-0.1, -0.05) is 47.7 Å². The first-order chi connectivity index (χ1) is 12.8. The zero-order chi connectivity index (χ0) is 17.9. The average molecular weight is 366 g/mol. The maximum absolute atomic E-state index is 9.57. The van der Waals surface area contributed by atoms with Gasteiger partial charge in [-0.2, -0.15) is 0 Å². The number of rotatable bonds is 6. The summed E-state index contributed by atoms with van der Waals surface area (Å²) in [7, 11) is 1.66. The maximum Gasteiger partial charge on any atom is 0.214 e. The predicted octanol–water partition coefficient (Wildman–Crippen LogP) is 3.57. The number of hydrogen-bond donors (Lipinski definition) is 2. The van der Waals surface area contributed by atoms with Crippen LogP contribution < -0.4 is 10.1 Å². The van der Waals surface area contributed by atoms with E-state index in [0.29, 0.717) is 6.54 Å². The highest BCUT2D eigenvalue weighted by Gasteiger charge is 2.13. The van der Waals surface area contributed by atoms with Gasteiger partial charge in [-0.15, -0.1) is 5.10 Å². The Labute approximate surface area is 154 Å². The Morgan fingerprint density at radius 2 is 1.96 bits per heavy atom. The minimum absolute atomic E-state index is 0.0177. The number of nitrogens with zero attached hydrogens (tertiary/aromatic N) is 3. The van der Waals surface area contributed by atoms with Crippen LogP contribution in [0.4, 0.5) is 5.13 Å². The number of aliphatic hydroxyl groups excluding tert-OH is 1. The molecule has 0 aliphatic heterocycles. The number of benzene rings is 2. The number of imidazole rings is 1. The molecule has 0 amide bonds. The maximum atomic E-state index is 9.57. The van der Waals surface area contributed by atoms with Gasteiger partial charge >= 0.3 is 0 Å². The molecule has 0 bridgehead atoms. The van der Waals surface area contributed by atoms with Gasteiger partial charge in [-0.25, -0.2) is 9.50 Å². The highest BCUT2D eigenvalue weighted by molar-refractivity contribution is 7.20. The first-order valence-electron chi connectivity index (χ1n) is 8.19. The van der Waals surface area contributed by atoms with Gasteiger partial charge in [-0.3, -0.25) is 0 Å². The van der Waals surface area contributed by atoms with Crippen molar-refractivity contribution in [2.45, 2.75) is 13.2 Å². The lowest BCUT2D eigenvalue weighted by Gasteiger charge is -2.05. The molecule has 4 aromatic rings. The van der Waals surface area contributed by atoms with Crippen molar-refractivity contribution in [3.8, 4) is 17.0 Å². The molecule has 7 heteroatoms. The van der Waals surface area contributed by atoms with Crippen LogP contribution in [0.2, 0.25) is 0 Å². The van der Waals surface area contributed by atoms with E-state index in [4.69, 9.17) is 4.74 Å². The van der Waals surface area contributed by atoms with Gasteiger partial charge in [0, 0.05) is 12.1 Å². The molecule has 2 aromatic carbocycles. The topological polar surface area (TPSA) is 71.7 Å². The van der Waals surface area contributed by atoms with Gasteiger partial charge in [0.2, 0.25) is 10.1 Å². The SMILES string of the molecule is COc1ccc(CNc2nn3c(-c4ccccc4CO)cnc3s2)cc1. The molecule has 2 aromatic heterocycles. The number of aromatic nitrogens is 3. The molecule has 0 spiro atoms. The molecule has 0 saturated carbocycles. The molecule has 4 rings (SSSR count). The Morgan fingerprint density at radius 1 is 1.15 bits per heavy atom. The highest BCUT2D eigenvalue weighted by Crippen LogP contribution is 2.28. The highest BCUT2D eigenvalue weighted by atomic mass is 32.1. The molecule has 0 aliphatic carbocycles. The fourth-order valence-corrected chi connectivity index (χ4v) is 3.55. The number of ether oxygens (including phenoxy) is 1. The summed E-state index contributed by atoms with van der Waals surface area (Å²) >= 11 is 1.50. The van der Waals surface area contributed by atoms with E-state index in [0.717, 1.165) is 38.2 Å². The third kappa shape index (κ3) is 3.14. The van der Waals surface area contributed by atoms with Crippen LogP contribution in [0.3, 0.4) is 0 Å². The monoisotopic (exact) mass is 366 g/mol. The van der Waals surface area contributed by atoms with Crippen LogP contribution in [0.5, 0.6) is 5.75 Å². The summed E-state index contributed by atoms with van der Waals surface area (Å²) in [5.74, 6) is 0.841.